The number of hydrogen-bond donors (Lipinski definition) is 1. The van der Waals surface area contributed by atoms with Crippen LogP contribution in [0.25, 0.3) is 0 Å². The number of rotatable bonds is 0. The molecule has 2 rings (SSSR count). The van der Waals surface area contributed by atoms with Crippen LogP contribution in [-0.4, -0.2) is 37.3 Å². The van der Waals surface area contributed by atoms with Gasteiger partial charge in [-0.05, 0) is 10.8 Å². The maximum Gasteiger partial charge on any atom is 0.293 e. The smallest absolute Gasteiger partial charge is 0.293 e. The Hall–Kier alpha value is -1.26. The maximum absolute atomic E-state index is 5.55. The second-order valence-electron chi connectivity index (χ2n) is 7.38. The summed E-state index contributed by atoms with van der Waals surface area (Å²) < 4.78 is 11.1. The Morgan fingerprint density at radius 2 is 1.21 bits per heavy atom. The minimum absolute atomic E-state index is 0.107. The fourth-order valence-corrected chi connectivity index (χ4v) is 1.86. The van der Waals surface area contributed by atoms with Crippen molar-refractivity contribution in [3.63, 3.8) is 0 Å². The molecule has 0 spiro atoms. The van der Waals surface area contributed by atoms with Crippen LogP contribution in [0.1, 0.15) is 41.5 Å². The summed E-state index contributed by atoms with van der Waals surface area (Å²) >= 11 is 0. The van der Waals surface area contributed by atoms with Crippen LogP contribution < -0.4 is 5.32 Å². The number of ether oxygens (including phenoxy) is 2. The molecule has 0 amide bonds. The van der Waals surface area contributed by atoms with Crippen molar-refractivity contribution in [3.8, 4) is 0 Å². The third-order valence-electron chi connectivity index (χ3n) is 3.52. The van der Waals surface area contributed by atoms with Gasteiger partial charge in [0.25, 0.3) is 12.0 Å². The Labute approximate surface area is 115 Å². The van der Waals surface area contributed by atoms with E-state index >= 15 is 0 Å². The van der Waals surface area contributed by atoms with Crippen LogP contribution in [0.3, 0.4) is 0 Å². The molecule has 2 heterocycles. The molecule has 19 heavy (non-hydrogen) atoms. The molecule has 0 radical (unpaired) electrons. The highest BCUT2D eigenvalue weighted by Gasteiger charge is 2.33. The van der Waals surface area contributed by atoms with Gasteiger partial charge in [0, 0.05) is 0 Å². The van der Waals surface area contributed by atoms with Crippen LogP contribution >= 0.6 is 0 Å². The summed E-state index contributed by atoms with van der Waals surface area (Å²) in [6.45, 7) is 14.2. The Morgan fingerprint density at radius 1 is 0.842 bits per heavy atom. The molecule has 5 nitrogen and oxygen atoms in total. The van der Waals surface area contributed by atoms with E-state index < -0.39 is 0 Å². The molecule has 0 saturated carbocycles. The van der Waals surface area contributed by atoms with Gasteiger partial charge in [0.05, 0.1) is 12.1 Å². The molecule has 0 aliphatic carbocycles. The highest BCUT2D eigenvalue weighted by Crippen LogP contribution is 2.27. The van der Waals surface area contributed by atoms with Gasteiger partial charge in [-0.15, -0.1) is 0 Å². The third kappa shape index (κ3) is 3.39. The summed E-state index contributed by atoms with van der Waals surface area (Å²) in [6, 6.07) is 1.40. The van der Waals surface area contributed by atoms with Gasteiger partial charge < -0.3 is 9.47 Å². The van der Waals surface area contributed by atoms with Crippen molar-refractivity contribution < 1.29 is 9.47 Å². The van der Waals surface area contributed by atoms with Crippen LogP contribution in [0.15, 0.2) is 9.98 Å². The zero-order valence-electron chi connectivity index (χ0n) is 12.8. The summed E-state index contributed by atoms with van der Waals surface area (Å²) in [4.78, 5) is 9.06. The van der Waals surface area contributed by atoms with Crippen LogP contribution in [0.5, 0.6) is 0 Å². The molecule has 0 unspecified atom stereocenters. The molecule has 0 saturated heterocycles. The Kier molecular flexibility index (Phi) is 3.49. The van der Waals surface area contributed by atoms with E-state index in [0.29, 0.717) is 25.3 Å². The van der Waals surface area contributed by atoms with Gasteiger partial charge in [-0.2, -0.15) is 0 Å². The predicted molar refractivity (Wildman–Crippen MR) is 76.4 cm³/mol. The molecule has 0 aromatic carbocycles. The van der Waals surface area contributed by atoms with E-state index in [9.17, 15) is 0 Å². The van der Waals surface area contributed by atoms with Gasteiger partial charge in [-0.1, -0.05) is 41.5 Å². The molecule has 0 aromatic heterocycles. The monoisotopic (exact) mass is 267 g/mol. The van der Waals surface area contributed by atoms with Crippen molar-refractivity contribution >= 4 is 12.0 Å². The summed E-state index contributed by atoms with van der Waals surface area (Å²) in [5.41, 5.74) is 0.214. The van der Waals surface area contributed by atoms with E-state index in [1.165, 1.54) is 0 Å². The molecule has 1 N–H and O–H groups in total. The molecule has 0 bridgehead atoms. The summed E-state index contributed by atoms with van der Waals surface area (Å²) in [5, 5.41) is 3.04. The number of nitrogens with zero attached hydrogens (tertiary/aromatic N) is 2. The first kappa shape index (κ1) is 14.2. The van der Waals surface area contributed by atoms with Gasteiger partial charge in [0.1, 0.15) is 13.2 Å². The topological polar surface area (TPSA) is 55.2 Å². The highest BCUT2D eigenvalue weighted by atomic mass is 16.5. The van der Waals surface area contributed by atoms with Crippen molar-refractivity contribution in [3.05, 3.63) is 0 Å². The lowest BCUT2D eigenvalue weighted by atomic mass is 9.88. The average Bonchev–Trinajstić information content (AvgIpc) is 2.84. The van der Waals surface area contributed by atoms with Gasteiger partial charge in [-0.25, -0.2) is 9.98 Å². The highest BCUT2D eigenvalue weighted by molar-refractivity contribution is 5.94. The SMILES string of the molecule is CC(C)(C)[C@H]1COC(NC2=N[C@@H](C(C)(C)C)CO2)=N1. The Bertz CT molecular complexity index is 364. The molecular formula is C14H25N3O2. The largest absolute Gasteiger partial charge is 0.463 e. The van der Waals surface area contributed by atoms with Gasteiger partial charge in [0.2, 0.25) is 0 Å². The quantitative estimate of drug-likeness (QED) is 0.732. The first-order chi connectivity index (χ1) is 8.66. The second kappa shape index (κ2) is 4.69. The minimum atomic E-state index is 0.107. The first-order valence-corrected chi connectivity index (χ1v) is 6.84. The summed E-state index contributed by atoms with van der Waals surface area (Å²) in [5.74, 6) is 0. The molecule has 2 aliphatic heterocycles. The van der Waals surface area contributed by atoms with E-state index in [0.717, 1.165) is 0 Å². The van der Waals surface area contributed by atoms with Crippen molar-refractivity contribution in [2.45, 2.75) is 53.6 Å². The number of nitrogens with one attached hydrogen (secondary N) is 1. The zero-order chi connectivity index (χ0) is 14.3. The predicted octanol–water partition coefficient (Wildman–Crippen LogP) is 2.18. The van der Waals surface area contributed by atoms with Crippen molar-refractivity contribution in [2.75, 3.05) is 13.2 Å². The lowest BCUT2D eigenvalue weighted by Gasteiger charge is -2.21. The Morgan fingerprint density at radius 3 is 1.47 bits per heavy atom. The van der Waals surface area contributed by atoms with Crippen LogP contribution in [0, 0.1) is 10.8 Å². The maximum atomic E-state index is 5.55. The van der Waals surface area contributed by atoms with E-state index in [1.807, 2.05) is 0 Å². The molecule has 108 valence electrons. The van der Waals surface area contributed by atoms with Gasteiger partial charge in [-0.3, -0.25) is 5.32 Å². The Balaban J connectivity index is 1.97. The third-order valence-corrected chi connectivity index (χ3v) is 3.52. The van der Waals surface area contributed by atoms with Crippen LogP contribution in [0.2, 0.25) is 0 Å². The summed E-state index contributed by atoms with van der Waals surface area (Å²) in [7, 11) is 0. The fourth-order valence-electron chi connectivity index (χ4n) is 1.86. The van der Waals surface area contributed by atoms with Gasteiger partial charge >= 0.3 is 0 Å². The van der Waals surface area contributed by atoms with E-state index in [2.05, 4.69) is 56.8 Å². The molecule has 0 aromatic rings. The standard InChI is InChI=1S/C14H25N3O2/c1-13(2,3)9-7-18-11(15-9)17-12-16-10(8-19-12)14(4,5)6/h9-10H,7-8H2,1-6H3,(H,15,16,17)/t9-,10-/m1/s1. The van der Waals surface area contributed by atoms with Crippen molar-refractivity contribution in [1.29, 1.82) is 0 Å². The van der Waals surface area contributed by atoms with Crippen molar-refractivity contribution in [1.82, 2.24) is 5.32 Å². The number of aliphatic imine (C=N–C) groups is 2. The van der Waals surface area contributed by atoms with Crippen molar-refractivity contribution in [2.24, 2.45) is 20.8 Å². The van der Waals surface area contributed by atoms with E-state index in [4.69, 9.17) is 9.47 Å². The summed E-state index contributed by atoms with van der Waals surface area (Å²) in [6.07, 6.45) is 0. The molecular weight excluding hydrogens is 242 g/mol. The first-order valence-electron chi connectivity index (χ1n) is 6.84. The fraction of sp³-hybridized carbons (Fsp3) is 0.857. The average molecular weight is 267 g/mol. The lowest BCUT2D eigenvalue weighted by molar-refractivity contribution is 0.225. The lowest BCUT2D eigenvalue weighted by Crippen LogP contribution is -2.30. The normalized spacial score (nSPS) is 27.5. The van der Waals surface area contributed by atoms with Crippen LogP contribution in [0.4, 0.5) is 0 Å². The molecule has 2 atom stereocenters. The van der Waals surface area contributed by atoms with Gasteiger partial charge in [0.15, 0.2) is 0 Å². The second-order valence-corrected chi connectivity index (χ2v) is 7.38. The zero-order valence-corrected chi connectivity index (χ0v) is 12.8. The number of hydrogen-bond acceptors (Lipinski definition) is 5. The molecule has 5 heteroatoms. The number of amidine groups is 2. The molecule has 2 aliphatic rings. The molecule has 0 fully saturated rings. The van der Waals surface area contributed by atoms with E-state index in [-0.39, 0.29) is 22.9 Å². The minimum Gasteiger partial charge on any atom is -0.463 e. The van der Waals surface area contributed by atoms with Crippen LogP contribution in [-0.2, 0) is 9.47 Å². The van der Waals surface area contributed by atoms with E-state index in [1.54, 1.807) is 0 Å².